The second-order valence-corrected chi connectivity index (χ2v) is 1.83. The fourth-order valence-electron chi connectivity index (χ4n) is 0.604. The number of nitrogens with zero attached hydrogens (tertiary/aromatic N) is 1. The smallest absolute Gasteiger partial charge is 0.166 e. The molecule has 0 aliphatic carbocycles. The molecule has 0 aromatic carbocycles. The van der Waals surface area contributed by atoms with E-state index in [4.69, 9.17) is 4.74 Å². The Bertz CT molecular complexity index is 199. The Balaban J connectivity index is 2.49. The number of aromatic amines is 1. The highest BCUT2D eigenvalue weighted by Crippen LogP contribution is 2.01. The molecule has 0 radical (unpaired) electrons. The van der Waals surface area contributed by atoms with Gasteiger partial charge in [0, 0.05) is 6.61 Å². The van der Waals surface area contributed by atoms with Gasteiger partial charge in [0.05, 0.1) is 18.5 Å². The first-order valence-corrected chi connectivity index (χ1v) is 3.10. The van der Waals surface area contributed by atoms with Crippen molar-refractivity contribution in [2.24, 2.45) is 0 Å². The van der Waals surface area contributed by atoms with E-state index in [2.05, 4.69) is 10.2 Å². The molecule has 0 saturated heterocycles. The van der Waals surface area contributed by atoms with Crippen LogP contribution in [-0.4, -0.2) is 16.8 Å². The molecule has 1 N–H and O–H groups in total. The molecule has 1 heterocycles. The Kier molecular flexibility index (Phi) is 2.39. The molecule has 0 fully saturated rings. The standard InChI is InChI=1S/C6H9FN2O/c1-2-10-4-6-5(7)3-8-9-6/h3H,2,4H2,1H3,(H,8,9). The second-order valence-electron chi connectivity index (χ2n) is 1.83. The quantitative estimate of drug-likeness (QED) is 0.689. The van der Waals surface area contributed by atoms with Crippen LogP contribution in [0.2, 0.25) is 0 Å². The Morgan fingerprint density at radius 3 is 3.10 bits per heavy atom. The van der Waals surface area contributed by atoms with Crippen LogP contribution in [0.1, 0.15) is 12.6 Å². The number of hydrogen-bond donors (Lipinski definition) is 1. The van der Waals surface area contributed by atoms with E-state index in [0.29, 0.717) is 12.3 Å². The lowest BCUT2D eigenvalue weighted by Gasteiger charge is -1.95. The minimum Gasteiger partial charge on any atom is -0.375 e. The van der Waals surface area contributed by atoms with Crippen LogP contribution in [0.4, 0.5) is 4.39 Å². The zero-order valence-corrected chi connectivity index (χ0v) is 5.72. The third kappa shape index (κ3) is 1.54. The van der Waals surface area contributed by atoms with Gasteiger partial charge in [0.15, 0.2) is 5.82 Å². The van der Waals surface area contributed by atoms with Crippen LogP contribution in [-0.2, 0) is 11.3 Å². The predicted octanol–water partition coefficient (Wildman–Crippen LogP) is 1.09. The van der Waals surface area contributed by atoms with Crippen LogP contribution in [0, 0.1) is 5.82 Å². The van der Waals surface area contributed by atoms with Crippen molar-refractivity contribution < 1.29 is 9.13 Å². The highest BCUT2D eigenvalue weighted by atomic mass is 19.1. The van der Waals surface area contributed by atoms with Crippen molar-refractivity contribution in [1.29, 1.82) is 0 Å². The summed E-state index contributed by atoms with van der Waals surface area (Å²) in [5.41, 5.74) is 0.404. The van der Waals surface area contributed by atoms with E-state index < -0.39 is 0 Å². The van der Waals surface area contributed by atoms with Gasteiger partial charge in [0.2, 0.25) is 0 Å². The van der Waals surface area contributed by atoms with Crippen molar-refractivity contribution in [2.75, 3.05) is 6.61 Å². The van der Waals surface area contributed by atoms with Crippen molar-refractivity contribution in [2.45, 2.75) is 13.5 Å². The molecule has 0 unspecified atom stereocenters. The predicted molar refractivity (Wildman–Crippen MR) is 33.9 cm³/mol. The van der Waals surface area contributed by atoms with Gasteiger partial charge in [-0.3, -0.25) is 5.10 Å². The van der Waals surface area contributed by atoms with Gasteiger partial charge in [-0.15, -0.1) is 0 Å². The molecule has 0 aliphatic rings. The number of hydrogen-bond acceptors (Lipinski definition) is 2. The van der Waals surface area contributed by atoms with Crippen molar-refractivity contribution in [1.82, 2.24) is 10.2 Å². The monoisotopic (exact) mass is 144 g/mol. The highest BCUT2D eigenvalue weighted by Gasteiger charge is 2.01. The summed E-state index contributed by atoms with van der Waals surface area (Å²) >= 11 is 0. The molecule has 0 bridgehead atoms. The van der Waals surface area contributed by atoms with Gasteiger partial charge < -0.3 is 4.74 Å². The summed E-state index contributed by atoms with van der Waals surface area (Å²) < 4.78 is 17.4. The first-order valence-electron chi connectivity index (χ1n) is 3.10. The number of halogens is 1. The summed E-state index contributed by atoms with van der Waals surface area (Å²) in [5, 5.41) is 5.98. The lowest BCUT2D eigenvalue weighted by Crippen LogP contribution is -1.94. The van der Waals surface area contributed by atoms with Crippen molar-refractivity contribution in [3.63, 3.8) is 0 Å². The normalized spacial score (nSPS) is 10.2. The van der Waals surface area contributed by atoms with Crippen LogP contribution >= 0.6 is 0 Å². The number of ether oxygens (including phenoxy) is 1. The average Bonchev–Trinajstić information content (AvgIpc) is 2.31. The molecule has 0 saturated carbocycles. The summed E-state index contributed by atoms with van der Waals surface area (Å²) in [4.78, 5) is 0. The third-order valence-corrected chi connectivity index (χ3v) is 1.12. The lowest BCUT2D eigenvalue weighted by molar-refractivity contribution is 0.128. The van der Waals surface area contributed by atoms with E-state index in [0.717, 1.165) is 6.20 Å². The van der Waals surface area contributed by atoms with E-state index in [1.807, 2.05) is 6.92 Å². The minimum atomic E-state index is -0.339. The summed E-state index contributed by atoms with van der Waals surface area (Å²) in [6.07, 6.45) is 1.13. The van der Waals surface area contributed by atoms with Crippen LogP contribution in [0.25, 0.3) is 0 Å². The molecule has 0 aliphatic heterocycles. The number of H-pyrrole nitrogens is 1. The SMILES string of the molecule is CCOCc1[nH]ncc1F. The van der Waals surface area contributed by atoms with Gasteiger partial charge in [-0.1, -0.05) is 0 Å². The Morgan fingerprint density at radius 2 is 2.60 bits per heavy atom. The van der Waals surface area contributed by atoms with Gasteiger partial charge in [-0.2, -0.15) is 5.10 Å². The molecule has 1 aromatic rings. The van der Waals surface area contributed by atoms with Crippen LogP contribution in [0.3, 0.4) is 0 Å². The molecule has 0 atom stereocenters. The highest BCUT2D eigenvalue weighted by molar-refractivity contribution is 4.99. The maximum Gasteiger partial charge on any atom is 0.166 e. The van der Waals surface area contributed by atoms with E-state index >= 15 is 0 Å². The number of aromatic nitrogens is 2. The molecule has 1 aromatic heterocycles. The van der Waals surface area contributed by atoms with Crippen molar-refractivity contribution in [3.05, 3.63) is 17.7 Å². The van der Waals surface area contributed by atoms with Gasteiger partial charge in [0.25, 0.3) is 0 Å². The Morgan fingerprint density at radius 1 is 1.80 bits per heavy atom. The molecular weight excluding hydrogens is 135 g/mol. The number of nitrogens with one attached hydrogen (secondary N) is 1. The lowest BCUT2D eigenvalue weighted by atomic mass is 10.4. The Hall–Kier alpha value is -0.900. The molecule has 10 heavy (non-hydrogen) atoms. The molecule has 0 spiro atoms. The average molecular weight is 144 g/mol. The van der Waals surface area contributed by atoms with Crippen molar-refractivity contribution in [3.8, 4) is 0 Å². The topological polar surface area (TPSA) is 37.9 Å². The molecule has 0 amide bonds. The maximum absolute atomic E-state index is 12.5. The molecule has 4 heteroatoms. The zero-order valence-electron chi connectivity index (χ0n) is 5.72. The number of rotatable bonds is 3. The zero-order chi connectivity index (χ0) is 7.40. The van der Waals surface area contributed by atoms with Gasteiger partial charge in [-0.25, -0.2) is 4.39 Å². The third-order valence-electron chi connectivity index (χ3n) is 1.12. The van der Waals surface area contributed by atoms with Gasteiger partial charge in [0.1, 0.15) is 0 Å². The van der Waals surface area contributed by atoms with Gasteiger partial charge in [-0.05, 0) is 6.92 Å². The van der Waals surface area contributed by atoms with E-state index in [9.17, 15) is 4.39 Å². The molecule has 56 valence electrons. The van der Waals surface area contributed by atoms with E-state index in [1.54, 1.807) is 0 Å². The van der Waals surface area contributed by atoms with Gasteiger partial charge >= 0.3 is 0 Å². The molecule has 3 nitrogen and oxygen atoms in total. The largest absolute Gasteiger partial charge is 0.375 e. The second kappa shape index (κ2) is 3.31. The summed E-state index contributed by atoms with van der Waals surface area (Å²) in [6.45, 7) is 2.70. The minimum absolute atomic E-state index is 0.266. The van der Waals surface area contributed by atoms with Crippen LogP contribution < -0.4 is 0 Å². The summed E-state index contributed by atoms with van der Waals surface area (Å²) in [5.74, 6) is -0.339. The fraction of sp³-hybridized carbons (Fsp3) is 0.500. The van der Waals surface area contributed by atoms with Crippen LogP contribution in [0.15, 0.2) is 6.20 Å². The fourth-order valence-corrected chi connectivity index (χ4v) is 0.604. The van der Waals surface area contributed by atoms with E-state index in [-0.39, 0.29) is 12.4 Å². The van der Waals surface area contributed by atoms with Crippen LogP contribution in [0.5, 0.6) is 0 Å². The molecular formula is C6H9FN2O. The summed E-state index contributed by atoms with van der Waals surface area (Å²) in [7, 11) is 0. The van der Waals surface area contributed by atoms with Crippen molar-refractivity contribution >= 4 is 0 Å². The maximum atomic E-state index is 12.5. The summed E-state index contributed by atoms with van der Waals surface area (Å²) in [6, 6.07) is 0. The first-order chi connectivity index (χ1) is 4.84. The molecule has 1 rings (SSSR count). The first kappa shape index (κ1) is 7.21. The Labute approximate surface area is 58.2 Å². The van der Waals surface area contributed by atoms with E-state index in [1.165, 1.54) is 0 Å².